The van der Waals surface area contributed by atoms with Crippen LogP contribution in [0.25, 0.3) is 0 Å². The molecule has 0 aromatic heterocycles. The molecule has 0 N–H and O–H groups in total. The van der Waals surface area contributed by atoms with Crippen molar-refractivity contribution >= 4 is 17.9 Å². The van der Waals surface area contributed by atoms with Crippen LogP contribution < -0.4 is 14.2 Å². The standard InChI is InChI=1S/C34H27F3O8/c1-33(2,16-15-19-9-5-3-6-10-19)44-25-17-20(13-14-24(25)45-34(35,36)37)30(38)42-28-22-18-23-27(32(40)43-29(23)28)26(22)31(39)41-21-11-7-4-8-12-21/h3-14,17,22-23,26-29H,18H2,1-2H3. The molecule has 2 saturated carbocycles. The molecule has 2 aliphatic carbocycles. The highest BCUT2D eigenvalue weighted by Crippen LogP contribution is 2.59. The Morgan fingerprint density at radius 1 is 0.889 bits per heavy atom. The van der Waals surface area contributed by atoms with Crippen molar-refractivity contribution in [2.24, 2.45) is 23.7 Å². The van der Waals surface area contributed by atoms with E-state index >= 15 is 0 Å². The highest BCUT2D eigenvalue weighted by Gasteiger charge is 2.70. The number of halogens is 3. The van der Waals surface area contributed by atoms with Gasteiger partial charge >= 0.3 is 24.3 Å². The molecule has 3 aliphatic rings. The maximum atomic E-state index is 13.4. The van der Waals surface area contributed by atoms with Crippen molar-refractivity contribution in [1.29, 1.82) is 0 Å². The molecule has 11 heteroatoms. The quantitative estimate of drug-likeness (QED) is 0.188. The summed E-state index contributed by atoms with van der Waals surface area (Å²) >= 11 is 0. The van der Waals surface area contributed by atoms with Crippen molar-refractivity contribution in [3.05, 3.63) is 90.0 Å². The SMILES string of the molecule is CC(C)(C#Cc1ccccc1)Oc1cc(C(=O)OC2C3CC4C2OC(=O)C4C3C(=O)Oc2ccccc2)ccc1OC(F)(F)F. The molecule has 1 saturated heterocycles. The summed E-state index contributed by atoms with van der Waals surface area (Å²) in [7, 11) is 0. The Balaban J connectivity index is 1.23. The van der Waals surface area contributed by atoms with Crippen LogP contribution >= 0.6 is 0 Å². The lowest BCUT2D eigenvalue weighted by Gasteiger charge is -2.30. The molecule has 3 aromatic rings. The van der Waals surface area contributed by atoms with E-state index in [-0.39, 0.29) is 11.5 Å². The summed E-state index contributed by atoms with van der Waals surface area (Å²) in [6.45, 7) is 3.11. The first-order valence-electron chi connectivity index (χ1n) is 14.2. The Labute approximate surface area is 256 Å². The van der Waals surface area contributed by atoms with Gasteiger partial charge in [0.2, 0.25) is 0 Å². The summed E-state index contributed by atoms with van der Waals surface area (Å²) < 4.78 is 66.5. The third-order valence-corrected chi connectivity index (χ3v) is 8.07. The number of carbonyl (C=O) groups excluding carboxylic acids is 3. The Morgan fingerprint density at radius 2 is 1.58 bits per heavy atom. The van der Waals surface area contributed by atoms with Crippen LogP contribution in [0.5, 0.6) is 17.2 Å². The first kappa shape index (κ1) is 30.1. The number of hydrogen-bond donors (Lipinski definition) is 0. The van der Waals surface area contributed by atoms with Crippen LogP contribution in [-0.2, 0) is 19.1 Å². The molecule has 6 rings (SSSR count). The molecule has 6 unspecified atom stereocenters. The van der Waals surface area contributed by atoms with Gasteiger partial charge in [0.25, 0.3) is 0 Å². The Hall–Kier alpha value is -4.98. The van der Waals surface area contributed by atoms with E-state index in [0.717, 1.165) is 18.2 Å². The maximum Gasteiger partial charge on any atom is 0.573 e. The molecular formula is C34H27F3O8. The highest BCUT2D eigenvalue weighted by atomic mass is 19.4. The van der Waals surface area contributed by atoms with Gasteiger partial charge in [-0.1, -0.05) is 48.2 Å². The van der Waals surface area contributed by atoms with Gasteiger partial charge in [0.15, 0.2) is 17.1 Å². The van der Waals surface area contributed by atoms with Crippen molar-refractivity contribution in [3.63, 3.8) is 0 Å². The van der Waals surface area contributed by atoms with Crippen molar-refractivity contribution in [1.82, 2.24) is 0 Å². The van der Waals surface area contributed by atoms with Gasteiger partial charge in [0.1, 0.15) is 18.0 Å². The van der Waals surface area contributed by atoms with Crippen LogP contribution in [0.2, 0.25) is 0 Å². The molecule has 3 aromatic carbocycles. The number of esters is 3. The molecule has 3 fully saturated rings. The largest absolute Gasteiger partial charge is 0.573 e. The van der Waals surface area contributed by atoms with Crippen LogP contribution in [-0.4, -0.2) is 42.1 Å². The Bertz CT molecular complexity index is 1680. The second-order valence-electron chi connectivity index (χ2n) is 11.6. The van der Waals surface area contributed by atoms with Gasteiger partial charge < -0.3 is 23.7 Å². The minimum absolute atomic E-state index is 0.140. The van der Waals surface area contributed by atoms with Crippen molar-refractivity contribution in [2.45, 2.75) is 44.4 Å². The lowest BCUT2D eigenvalue weighted by atomic mass is 9.78. The predicted octanol–water partition coefficient (Wildman–Crippen LogP) is 5.73. The van der Waals surface area contributed by atoms with Gasteiger partial charge in [-0.2, -0.15) is 0 Å². The summed E-state index contributed by atoms with van der Waals surface area (Å²) in [5.41, 5.74) is -0.769. The van der Waals surface area contributed by atoms with Crippen LogP contribution in [0.3, 0.4) is 0 Å². The third-order valence-electron chi connectivity index (χ3n) is 8.07. The lowest BCUT2D eigenvalue weighted by Crippen LogP contribution is -2.44. The zero-order chi connectivity index (χ0) is 31.9. The van der Waals surface area contributed by atoms with E-state index in [1.165, 1.54) is 0 Å². The van der Waals surface area contributed by atoms with Gasteiger partial charge in [-0.05, 0) is 62.7 Å². The van der Waals surface area contributed by atoms with E-state index < -0.39 is 71.3 Å². The number of benzene rings is 3. The lowest BCUT2D eigenvalue weighted by molar-refractivity contribution is -0.275. The normalized spacial score (nSPS) is 24.7. The van der Waals surface area contributed by atoms with Crippen molar-refractivity contribution in [2.75, 3.05) is 0 Å². The first-order chi connectivity index (χ1) is 21.4. The number of ether oxygens (including phenoxy) is 5. The van der Waals surface area contributed by atoms with E-state index in [1.807, 2.05) is 6.07 Å². The Morgan fingerprint density at radius 3 is 2.27 bits per heavy atom. The molecule has 8 nitrogen and oxygen atoms in total. The molecule has 1 aliphatic heterocycles. The zero-order valence-electron chi connectivity index (χ0n) is 24.1. The first-order valence-corrected chi connectivity index (χ1v) is 14.2. The Kier molecular flexibility index (Phi) is 7.69. The molecule has 232 valence electrons. The number of para-hydroxylation sites is 1. The topological polar surface area (TPSA) is 97.4 Å². The maximum absolute atomic E-state index is 13.4. The molecule has 2 bridgehead atoms. The smallest absolute Gasteiger partial charge is 0.471 e. The van der Waals surface area contributed by atoms with E-state index in [2.05, 4.69) is 16.6 Å². The molecular weight excluding hydrogens is 593 g/mol. The van der Waals surface area contributed by atoms with Crippen LogP contribution in [0.1, 0.15) is 36.2 Å². The highest BCUT2D eigenvalue weighted by molar-refractivity contribution is 5.91. The summed E-state index contributed by atoms with van der Waals surface area (Å²) in [5.74, 6) is 0.483. The van der Waals surface area contributed by atoms with Gasteiger partial charge in [-0.25, -0.2) is 4.79 Å². The minimum atomic E-state index is -5.03. The van der Waals surface area contributed by atoms with Crippen molar-refractivity contribution in [3.8, 4) is 29.1 Å². The fourth-order valence-electron chi connectivity index (χ4n) is 6.30. The summed E-state index contributed by atoms with van der Waals surface area (Å²) in [5, 5.41) is 0. The van der Waals surface area contributed by atoms with Crippen LogP contribution in [0.15, 0.2) is 78.9 Å². The van der Waals surface area contributed by atoms with E-state index in [4.69, 9.17) is 18.9 Å². The van der Waals surface area contributed by atoms with E-state index in [9.17, 15) is 27.6 Å². The number of alkyl halides is 3. The second-order valence-corrected chi connectivity index (χ2v) is 11.6. The second kappa shape index (κ2) is 11.5. The molecule has 6 atom stereocenters. The number of rotatable bonds is 7. The molecule has 0 radical (unpaired) electrons. The summed E-state index contributed by atoms with van der Waals surface area (Å²) in [4.78, 5) is 39.3. The number of hydrogen-bond acceptors (Lipinski definition) is 8. The fraction of sp³-hybridized carbons (Fsp3) is 0.324. The molecule has 0 spiro atoms. The van der Waals surface area contributed by atoms with E-state index in [0.29, 0.717) is 17.7 Å². The summed E-state index contributed by atoms with van der Waals surface area (Å²) in [6, 6.07) is 20.5. The predicted molar refractivity (Wildman–Crippen MR) is 151 cm³/mol. The average Bonchev–Trinajstić information content (AvgIpc) is 3.61. The molecule has 1 heterocycles. The van der Waals surface area contributed by atoms with E-state index in [1.54, 1.807) is 68.4 Å². The number of carbonyl (C=O) groups is 3. The fourth-order valence-corrected chi connectivity index (χ4v) is 6.30. The molecule has 45 heavy (non-hydrogen) atoms. The number of fused-ring (bicyclic) bond motifs is 1. The van der Waals surface area contributed by atoms with Crippen molar-refractivity contribution < 1.29 is 51.2 Å². The summed E-state index contributed by atoms with van der Waals surface area (Å²) in [6.07, 6.45) is -6.32. The zero-order valence-corrected chi connectivity index (χ0v) is 24.1. The average molecular weight is 621 g/mol. The third kappa shape index (κ3) is 6.32. The van der Waals surface area contributed by atoms with Gasteiger partial charge in [0.05, 0.1) is 17.4 Å². The van der Waals surface area contributed by atoms with Gasteiger partial charge in [0, 0.05) is 17.4 Å². The van der Waals surface area contributed by atoms with Gasteiger partial charge in [-0.3, -0.25) is 9.59 Å². The monoisotopic (exact) mass is 620 g/mol. The van der Waals surface area contributed by atoms with Crippen LogP contribution in [0, 0.1) is 35.5 Å². The minimum Gasteiger partial charge on any atom is -0.471 e. The van der Waals surface area contributed by atoms with Gasteiger partial charge in [-0.15, -0.1) is 13.2 Å². The molecule has 0 amide bonds. The van der Waals surface area contributed by atoms with Crippen LogP contribution in [0.4, 0.5) is 13.2 Å².